The van der Waals surface area contributed by atoms with Crippen molar-refractivity contribution < 1.29 is 4.74 Å². The predicted molar refractivity (Wildman–Crippen MR) is 77.3 cm³/mol. The monoisotopic (exact) mass is 261 g/mol. The van der Waals surface area contributed by atoms with E-state index in [1.54, 1.807) is 11.3 Å². The molecule has 18 heavy (non-hydrogen) atoms. The minimum atomic E-state index is 0.186. The lowest BCUT2D eigenvalue weighted by Crippen LogP contribution is -2.17. The summed E-state index contributed by atoms with van der Waals surface area (Å²) in [6.07, 6.45) is 1.85. The van der Waals surface area contributed by atoms with Gasteiger partial charge in [0.15, 0.2) is 0 Å². The predicted octanol–water partition coefficient (Wildman–Crippen LogP) is 3.26. The molecule has 0 aliphatic rings. The van der Waals surface area contributed by atoms with Crippen LogP contribution in [0.4, 0.5) is 0 Å². The lowest BCUT2D eigenvalue weighted by molar-refractivity contribution is 0.322. The average Bonchev–Trinajstić information content (AvgIpc) is 2.82. The van der Waals surface area contributed by atoms with Crippen LogP contribution in [0.3, 0.4) is 0 Å². The lowest BCUT2D eigenvalue weighted by atomic mass is 10.1. The van der Waals surface area contributed by atoms with Crippen LogP contribution in [-0.4, -0.2) is 12.6 Å². The largest absolute Gasteiger partial charge is 0.493 e. The van der Waals surface area contributed by atoms with Crippen molar-refractivity contribution in [3.63, 3.8) is 0 Å². The van der Waals surface area contributed by atoms with E-state index in [9.17, 15) is 0 Å². The maximum absolute atomic E-state index is 5.80. The highest BCUT2D eigenvalue weighted by atomic mass is 32.1. The fourth-order valence-electron chi connectivity index (χ4n) is 1.86. The molecule has 0 amide bonds. The first-order valence-electron chi connectivity index (χ1n) is 6.22. The summed E-state index contributed by atoms with van der Waals surface area (Å²) >= 11 is 1.73. The second kappa shape index (κ2) is 6.57. The normalized spacial score (nSPS) is 12.3. The maximum atomic E-state index is 5.80. The summed E-state index contributed by atoms with van der Waals surface area (Å²) in [6, 6.07) is 10.5. The van der Waals surface area contributed by atoms with Gasteiger partial charge in [0.2, 0.25) is 0 Å². The highest BCUT2D eigenvalue weighted by Crippen LogP contribution is 2.15. The Balaban J connectivity index is 1.85. The molecule has 0 radical (unpaired) electrons. The van der Waals surface area contributed by atoms with E-state index in [1.165, 1.54) is 11.1 Å². The van der Waals surface area contributed by atoms with Gasteiger partial charge in [-0.1, -0.05) is 12.1 Å². The minimum absolute atomic E-state index is 0.186. The van der Waals surface area contributed by atoms with Crippen LogP contribution < -0.4 is 10.5 Å². The van der Waals surface area contributed by atoms with E-state index in [4.69, 9.17) is 10.5 Å². The molecular formula is C15H19NOS. The number of hydrogen-bond donors (Lipinski definition) is 1. The summed E-state index contributed by atoms with van der Waals surface area (Å²) in [5.74, 6) is 0.934. The van der Waals surface area contributed by atoms with Crippen LogP contribution >= 0.6 is 11.3 Å². The molecule has 0 fully saturated rings. The third-order valence-corrected chi connectivity index (χ3v) is 3.43. The molecule has 0 saturated carbocycles. The van der Waals surface area contributed by atoms with Gasteiger partial charge in [0.05, 0.1) is 6.61 Å². The summed E-state index contributed by atoms with van der Waals surface area (Å²) in [4.78, 5) is 0. The second-order valence-corrected chi connectivity index (χ2v) is 5.34. The van der Waals surface area contributed by atoms with Gasteiger partial charge in [0, 0.05) is 12.5 Å². The van der Waals surface area contributed by atoms with Crippen LogP contribution in [0.15, 0.2) is 41.1 Å². The summed E-state index contributed by atoms with van der Waals surface area (Å²) in [7, 11) is 0. The van der Waals surface area contributed by atoms with Gasteiger partial charge in [-0.3, -0.25) is 0 Å². The zero-order valence-electron chi connectivity index (χ0n) is 10.6. The van der Waals surface area contributed by atoms with E-state index >= 15 is 0 Å². The van der Waals surface area contributed by atoms with Gasteiger partial charge < -0.3 is 10.5 Å². The highest BCUT2D eigenvalue weighted by Gasteiger charge is 2.00. The van der Waals surface area contributed by atoms with Gasteiger partial charge in [-0.2, -0.15) is 11.3 Å². The maximum Gasteiger partial charge on any atom is 0.119 e. The Morgan fingerprint density at radius 3 is 2.89 bits per heavy atom. The number of hydrogen-bond acceptors (Lipinski definition) is 3. The number of thiophene rings is 1. The number of nitrogens with two attached hydrogens (primary N) is 1. The molecule has 1 atom stereocenters. The number of ether oxygens (including phenoxy) is 1. The standard InChI is InChI=1S/C15H19NOS/c1-12(16)9-14-3-2-4-15(10-14)17-7-5-13-6-8-18-11-13/h2-4,6,8,10-12H,5,7,9,16H2,1H3. The highest BCUT2D eigenvalue weighted by molar-refractivity contribution is 7.07. The first kappa shape index (κ1) is 13.1. The van der Waals surface area contributed by atoms with Crippen molar-refractivity contribution in [1.82, 2.24) is 0 Å². The Morgan fingerprint density at radius 2 is 2.17 bits per heavy atom. The summed E-state index contributed by atoms with van der Waals surface area (Å²) < 4.78 is 5.77. The molecule has 96 valence electrons. The van der Waals surface area contributed by atoms with Gasteiger partial charge >= 0.3 is 0 Å². The molecule has 0 saturated heterocycles. The van der Waals surface area contributed by atoms with Crippen molar-refractivity contribution in [2.75, 3.05) is 6.61 Å². The van der Waals surface area contributed by atoms with Gasteiger partial charge in [0.1, 0.15) is 5.75 Å². The van der Waals surface area contributed by atoms with Gasteiger partial charge in [-0.15, -0.1) is 0 Å². The third-order valence-electron chi connectivity index (χ3n) is 2.70. The summed E-state index contributed by atoms with van der Waals surface area (Å²) in [5, 5.41) is 4.26. The lowest BCUT2D eigenvalue weighted by Gasteiger charge is -2.09. The molecule has 3 heteroatoms. The van der Waals surface area contributed by atoms with Crippen LogP contribution in [0.5, 0.6) is 5.75 Å². The molecule has 2 N–H and O–H groups in total. The zero-order chi connectivity index (χ0) is 12.8. The van der Waals surface area contributed by atoms with Crippen molar-refractivity contribution in [2.24, 2.45) is 5.73 Å². The van der Waals surface area contributed by atoms with Crippen molar-refractivity contribution in [1.29, 1.82) is 0 Å². The fourth-order valence-corrected chi connectivity index (χ4v) is 2.56. The molecule has 2 nitrogen and oxygen atoms in total. The van der Waals surface area contributed by atoms with Crippen molar-refractivity contribution in [2.45, 2.75) is 25.8 Å². The zero-order valence-corrected chi connectivity index (χ0v) is 11.5. The Kier molecular flexibility index (Phi) is 4.79. The Bertz CT molecular complexity index is 465. The van der Waals surface area contributed by atoms with Crippen LogP contribution in [0.25, 0.3) is 0 Å². The fraction of sp³-hybridized carbons (Fsp3) is 0.333. The van der Waals surface area contributed by atoms with E-state index in [0.717, 1.165) is 25.2 Å². The van der Waals surface area contributed by atoms with E-state index in [1.807, 2.05) is 19.1 Å². The first-order chi connectivity index (χ1) is 8.74. The van der Waals surface area contributed by atoms with Crippen molar-refractivity contribution >= 4 is 11.3 Å². The number of benzene rings is 1. The Hall–Kier alpha value is -1.32. The minimum Gasteiger partial charge on any atom is -0.493 e. The van der Waals surface area contributed by atoms with Crippen LogP contribution in [0.2, 0.25) is 0 Å². The molecular weight excluding hydrogens is 242 g/mol. The average molecular weight is 261 g/mol. The first-order valence-corrected chi connectivity index (χ1v) is 7.17. The molecule has 0 bridgehead atoms. The third kappa shape index (κ3) is 4.17. The van der Waals surface area contributed by atoms with Gasteiger partial charge in [-0.05, 0) is 53.4 Å². The molecule has 0 spiro atoms. The van der Waals surface area contributed by atoms with E-state index in [-0.39, 0.29) is 6.04 Å². The Morgan fingerprint density at radius 1 is 1.28 bits per heavy atom. The van der Waals surface area contributed by atoms with Crippen molar-refractivity contribution in [3.8, 4) is 5.75 Å². The molecule has 1 aromatic heterocycles. The summed E-state index contributed by atoms with van der Waals surface area (Å²) in [5.41, 5.74) is 8.37. The van der Waals surface area contributed by atoms with Crippen LogP contribution in [0.1, 0.15) is 18.1 Å². The molecule has 2 aromatic rings. The Labute approximate surface area is 112 Å². The summed E-state index contributed by atoms with van der Waals surface area (Å²) in [6.45, 7) is 2.74. The molecule has 1 unspecified atom stereocenters. The topological polar surface area (TPSA) is 35.2 Å². The molecule has 1 aromatic carbocycles. The van der Waals surface area contributed by atoms with Crippen molar-refractivity contribution in [3.05, 3.63) is 52.2 Å². The van der Waals surface area contributed by atoms with E-state index < -0.39 is 0 Å². The number of rotatable bonds is 6. The quantitative estimate of drug-likeness (QED) is 0.866. The molecule has 0 aliphatic carbocycles. The SMILES string of the molecule is CC(N)Cc1cccc(OCCc2ccsc2)c1. The molecule has 2 rings (SSSR count). The smallest absolute Gasteiger partial charge is 0.119 e. The van der Waals surface area contributed by atoms with Crippen LogP contribution in [0, 0.1) is 0 Å². The van der Waals surface area contributed by atoms with Crippen LogP contribution in [-0.2, 0) is 12.8 Å². The van der Waals surface area contributed by atoms with E-state index in [0.29, 0.717) is 0 Å². The molecule has 0 aliphatic heterocycles. The molecule has 1 heterocycles. The second-order valence-electron chi connectivity index (χ2n) is 4.56. The van der Waals surface area contributed by atoms with Gasteiger partial charge in [0.25, 0.3) is 0 Å². The van der Waals surface area contributed by atoms with Gasteiger partial charge in [-0.25, -0.2) is 0 Å². The van der Waals surface area contributed by atoms with E-state index in [2.05, 4.69) is 29.0 Å².